The summed E-state index contributed by atoms with van der Waals surface area (Å²) in [6.45, 7) is 11.0. The van der Waals surface area contributed by atoms with Gasteiger partial charge in [-0.3, -0.25) is 31.8 Å². The minimum absolute atomic E-state index is 0.0161. The Morgan fingerprint density at radius 1 is 0.878 bits per heavy atom. The van der Waals surface area contributed by atoms with E-state index in [4.69, 9.17) is 68.0 Å². The zero-order valence-electron chi connectivity index (χ0n) is 42.8. The highest BCUT2D eigenvalue weighted by Gasteiger charge is 2.60. The summed E-state index contributed by atoms with van der Waals surface area (Å²) in [6.07, 6.45) is 7.78. The molecule has 4 aromatic rings. The lowest BCUT2D eigenvalue weighted by atomic mass is 9.47. The Bertz CT molecular complexity index is 2970. The lowest BCUT2D eigenvalue weighted by Gasteiger charge is -2.58. The molecule has 4 aromatic heterocycles. The van der Waals surface area contributed by atoms with Crippen LogP contribution < -0.4 is 11.5 Å². The molecule has 5 fully saturated rings. The highest BCUT2D eigenvalue weighted by molar-refractivity contribution is 7.71. The lowest BCUT2D eigenvalue weighted by molar-refractivity contribution is -0.0627. The van der Waals surface area contributed by atoms with Gasteiger partial charge in [0.1, 0.15) is 53.0 Å². The van der Waals surface area contributed by atoms with Gasteiger partial charge in [-0.15, -0.1) is 0 Å². The molecule has 26 heteroatoms. The van der Waals surface area contributed by atoms with Crippen molar-refractivity contribution < 1.29 is 56.3 Å². The zero-order valence-corrected chi connectivity index (χ0v) is 46.2. The van der Waals surface area contributed by atoms with Crippen LogP contribution in [0, 0.1) is 55.6 Å². The van der Waals surface area contributed by atoms with Crippen molar-refractivity contribution in [3.8, 4) is 0 Å². The van der Waals surface area contributed by atoms with E-state index in [1.54, 1.807) is 4.57 Å². The van der Waals surface area contributed by atoms with Gasteiger partial charge in [0.05, 0.1) is 38.1 Å². The van der Waals surface area contributed by atoms with Crippen molar-refractivity contribution in [2.45, 2.75) is 161 Å². The summed E-state index contributed by atoms with van der Waals surface area (Å²) >= 11 is 10.7. The highest BCUT2D eigenvalue weighted by Crippen LogP contribution is 2.68. The molecular formula is C48H72N10O12P2S2. The second-order valence-corrected chi connectivity index (χ2v) is 26.5. The number of nitrogens with one attached hydrogen (secondary N) is 2. The third kappa shape index (κ3) is 10.3. The van der Waals surface area contributed by atoms with Crippen molar-refractivity contribution in [2.75, 3.05) is 31.8 Å². The first-order valence-corrected chi connectivity index (χ1v) is 29.8. The number of aliphatic hydroxyl groups excluding tert-OH is 2. The number of phosphoric ester groups is 2. The molecule has 2 saturated heterocycles. The van der Waals surface area contributed by atoms with E-state index in [0.29, 0.717) is 47.2 Å². The first-order valence-electron chi connectivity index (χ1n) is 26.1. The van der Waals surface area contributed by atoms with Crippen molar-refractivity contribution in [3.05, 3.63) is 33.6 Å². The van der Waals surface area contributed by atoms with Crippen LogP contribution in [0.4, 0.5) is 11.9 Å². The molecule has 6 aliphatic rings. The number of rotatable bonds is 18. The summed E-state index contributed by atoms with van der Waals surface area (Å²) in [4.78, 5) is 33.9. The minimum Gasteiger partial charge on any atom is -0.390 e. The van der Waals surface area contributed by atoms with Gasteiger partial charge in [-0.2, -0.15) is 0 Å². The van der Waals surface area contributed by atoms with Gasteiger partial charge in [0.15, 0.2) is 27.4 Å². The predicted molar refractivity (Wildman–Crippen MR) is 278 cm³/mol. The Hall–Kier alpha value is -3.06. The average Bonchev–Trinajstić information content (AvgIpc) is 4.19. The molecule has 0 bridgehead atoms. The molecular weight excluding hydrogens is 1030 g/mol. The molecule has 3 saturated carbocycles. The van der Waals surface area contributed by atoms with Crippen molar-refractivity contribution >= 4 is 74.3 Å². The van der Waals surface area contributed by atoms with Gasteiger partial charge in [0, 0.05) is 13.5 Å². The summed E-state index contributed by atoms with van der Waals surface area (Å²) in [5.41, 5.74) is 14.8. The van der Waals surface area contributed by atoms with Gasteiger partial charge >= 0.3 is 15.6 Å². The van der Waals surface area contributed by atoms with Crippen molar-refractivity contribution in [3.63, 3.8) is 0 Å². The molecule has 0 spiro atoms. The van der Waals surface area contributed by atoms with E-state index in [1.165, 1.54) is 67.7 Å². The van der Waals surface area contributed by atoms with Crippen molar-refractivity contribution in [2.24, 2.45) is 46.3 Å². The fourth-order valence-corrected chi connectivity index (χ4v) is 16.7. The monoisotopic (exact) mass is 1110 g/mol. The summed E-state index contributed by atoms with van der Waals surface area (Å²) in [7, 11) is -8.36. The Kier molecular flexibility index (Phi) is 15.4. The van der Waals surface area contributed by atoms with Crippen LogP contribution in [-0.2, 0) is 41.2 Å². The standard InChI is InChI=1S/C48H72N10O12P2S2/c1-24(2)8-7-9-25(3)29-12-13-30-28-11-10-26-18-27(14-16-47(26,4)31(28)15-17-48(29,30)5)69-71(61,62)65-21-34-39(38(60)44(68-34)58-23-52-37-41(58)54-46(50)56-43(37)74)70-72(63,64-6)66-20-33-32(59)19-35(67-33)57-22-51-36-40(57)53-45(49)55-42(36)73/h10,22-25,27-35,38-39,44,59-60H,7-9,11-21H2,1-6H3,(H,61,62)(H3,49,53,55,73)(H3,50,54,56,74)/t25-,27+,28?,29-,30+,31+,32?,33-,34-,35-,38?,39?,44-,47+,48-,72?/m1/s1. The molecule has 4 aliphatic carbocycles. The number of H-pyrrole nitrogens is 2. The maximum absolute atomic E-state index is 14.3. The fourth-order valence-electron chi connectivity index (χ4n) is 14.1. The van der Waals surface area contributed by atoms with E-state index in [1.807, 2.05) is 0 Å². The van der Waals surface area contributed by atoms with E-state index >= 15 is 0 Å². The number of hydrogen-bond donors (Lipinski definition) is 7. The van der Waals surface area contributed by atoms with Gasteiger partial charge in [-0.25, -0.2) is 29.1 Å². The second kappa shape index (κ2) is 21.0. The van der Waals surface area contributed by atoms with Crippen LogP contribution in [0.2, 0.25) is 0 Å². The number of imidazole rings is 2. The quantitative estimate of drug-likeness (QED) is 0.0278. The normalized spacial score (nSPS) is 36.1. The Morgan fingerprint density at radius 2 is 1.55 bits per heavy atom. The number of nitrogen functional groups attached to an aromatic ring is 2. The van der Waals surface area contributed by atoms with Crippen LogP contribution in [0.25, 0.3) is 22.3 Å². The highest BCUT2D eigenvalue weighted by atomic mass is 32.1. The Morgan fingerprint density at radius 3 is 2.24 bits per heavy atom. The molecule has 0 radical (unpaired) electrons. The van der Waals surface area contributed by atoms with E-state index in [-0.39, 0.29) is 44.2 Å². The number of nitrogens with two attached hydrogens (primary N) is 2. The first kappa shape index (κ1) is 54.3. The number of fused-ring (bicyclic) bond motifs is 7. The molecule has 74 heavy (non-hydrogen) atoms. The van der Waals surface area contributed by atoms with E-state index < -0.39 is 77.9 Å². The van der Waals surface area contributed by atoms with E-state index in [0.717, 1.165) is 37.7 Å². The van der Waals surface area contributed by atoms with Crippen LogP contribution >= 0.6 is 40.1 Å². The van der Waals surface area contributed by atoms with Gasteiger partial charge in [-0.05, 0) is 97.7 Å². The number of allylic oxidation sites excluding steroid dienone is 1. The number of nitrogens with zero attached hydrogens (tertiary/aromatic N) is 6. The number of anilines is 2. The zero-order chi connectivity index (χ0) is 52.6. The molecule has 17 atom stereocenters. The number of aromatic nitrogens is 8. The van der Waals surface area contributed by atoms with Crippen molar-refractivity contribution in [1.82, 2.24) is 39.0 Å². The van der Waals surface area contributed by atoms with E-state index in [9.17, 15) is 24.2 Å². The number of aromatic amines is 2. The SMILES string of the molecule is COP(=O)(OC[C@H]1O[C@@H](n2cnc3c(=S)nc(N)[nH]c32)CC1O)OC1C(O)[C@H](n2cnc3c(=S)nc(N)[nH]c32)O[C@@H]1COP(=O)(O)O[C@H]1CC[C@@]2(C)C(=CCC3[C@@H]4CC[C@H]([C@H](C)CCCC(C)C)[C@@]4(C)CC[C@@H]32)C1. The summed E-state index contributed by atoms with van der Waals surface area (Å²) in [5, 5.41) is 23.0. The molecule has 10 rings (SSSR count). The molecule has 22 nitrogen and oxygen atoms in total. The lowest BCUT2D eigenvalue weighted by Crippen LogP contribution is -2.51. The summed E-state index contributed by atoms with van der Waals surface area (Å²) in [5.74, 6) is 4.18. The molecule has 0 aromatic carbocycles. The van der Waals surface area contributed by atoms with E-state index in [2.05, 4.69) is 70.6 Å². The molecule has 408 valence electrons. The average molecular weight is 1110 g/mol. The summed E-state index contributed by atoms with van der Waals surface area (Å²) in [6, 6.07) is 0. The molecule has 9 N–H and O–H groups in total. The number of phosphoric acid groups is 2. The maximum atomic E-state index is 14.3. The van der Waals surface area contributed by atoms with Crippen LogP contribution in [-0.4, -0.2) is 111 Å². The van der Waals surface area contributed by atoms with Gasteiger partial charge in [0.25, 0.3) is 0 Å². The third-order valence-electron chi connectivity index (χ3n) is 17.8. The third-order valence-corrected chi connectivity index (χ3v) is 20.9. The predicted octanol–water partition coefficient (Wildman–Crippen LogP) is 8.76. The van der Waals surface area contributed by atoms with Gasteiger partial charge in [0.2, 0.25) is 0 Å². The second-order valence-electron chi connectivity index (χ2n) is 22.6. The number of ether oxygens (including phenoxy) is 2. The first-order chi connectivity index (χ1) is 35.1. The smallest absolute Gasteiger partial charge is 0.390 e. The van der Waals surface area contributed by atoms with Crippen LogP contribution in [0.5, 0.6) is 0 Å². The van der Waals surface area contributed by atoms with Gasteiger partial charge < -0.3 is 46.0 Å². The molecule has 0 amide bonds. The molecule has 2 aliphatic heterocycles. The molecule has 6 heterocycles. The molecule has 6 unspecified atom stereocenters. The van der Waals surface area contributed by atoms with Crippen molar-refractivity contribution in [1.29, 1.82) is 0 Å². The number of aliphatic hydroxyl groups is 2. The minimum atomic E-state index is -4.79. The van der Waals surface area contributed by atoms with Gasteiger partial charge in [-0.1, -0.05) is 90.0 Å². The fraction of sp³-hybridized carbons (Fsp3) is 0.750. The topological polar surface area (TPSA) is 304 Å². The van der Waals surface area contributed by atoms with Crippen LogP contribution in [0.3, 0.4) is 0 Å². The largest absolute Gasteiger partial charge is 0.475 e. The Balaban J connectivity index is 0.809. The van der Waals surface area contributed by atoms with Crippen LogP contribution in [0.15, 0.2) is 24.3 Å². The number of hydrogen-bond acceptors (Lipinski definition) is 19. The Labute approximate surface area is 440 Å². The summed E-state index contributed by atoms with van der Waals surface area (Å²) < 4.78 is 72.6. The maximum Gasteiger partial charge on any atom is 0.475 e. The van der Waals surface area contributed by atoms with Crippen LogP contribution in [0.1, 0.15) is 124 Å².